The highest BCUT2D eigenvalue weighted by atomic mass is 28.3. The summed E-state index contributed by atoms with van der Waals surface area (Å²) >= 11 is 0. The van der Waals surface area contributed by atoms with Crippen LogP contribution in [-0.4, -0.2) is 27.4 Å². The molecule has 0 N–H and O–H groups in total. The Hall–Kier alpha value is -13.9. The average molecular weight is 1600 g/mol. The first-order valence-electron chi connectivity index (χ1n) is 43.2. The summed E-state index contributed by atoms with van der Waals surface area (Å²) in [4.78, 5) is 5.44. The molecule has 1 aliphatic carbocycles. The van der Waals surface area contributed by atoms with Gasteiger partial charge in [0.2, 0.25) is 0 Å². The van der Waals surface area contributed by atoms with Crippen LogP contribution in [0.1, 0.15) is 70.3 Å². The fourth-order valence-corrected chi connectivity index (χ4v) is 30.0. The van der Waals surface area contributed by atoms with Crippen LogP contribution in [0.3, 0.4) is 0 Å². The Labute approximate surface area is 720 Å². The van der Waals surface area contributed by atoms with Crippen molar-refractivity contribution in [3.05, 3.63) is 453 Å². The molecule has 0 spiro atoms. The number of para-hydroxylation sites is 1. The lowest BCUT2D eigenvalue weighted by molar-refractivity contribution is 0.590. The van der Waals surface area contributed by atoms with E-state index in [1.54, 1.807) is 0 Å². The number of rotatable bonds is 16. The van der Waals surface area contributed by atoms with Crippen LogP contribution in [-0.2, 0) is 17.3 Å². The van der Waals surface area contributed by atoms with Crippen LogP contribution in [0, 0.1) is 0 Å². The van der Waals surface area contributed by atoms with E-state index in [1.165, 1.54) is 130 Å². The van der Waals surface area contributed by atoms with Crippen molar-refractivity contribution < 1.29 is 0 Å². The van der Waals surface area contributed by atoms with Crippen LogP contribution < -0.4 is 67.7 Å². The molecule has 0 unspecified atom stereocenters. The predicted octanol–water partition coefficient (Wildman–Crippen LogP) is 22.4. The number of hydrogen-bond acceptors (Lipinski definition) is 2. The lowest BCUT2D eigenvalue weighted by atomic mass is 9.33. The topological polar surface area (TPSA) is 11.4 Å². The van der Waals surface area contributed by atoms with Crippen LogP contribution in [0.4, 0.5) is 34.1 Å². The average Bonchev–Trinajstić information content (AvgIpc) is 0.859. The molecule has 3 nitrogen and oxygen atoms in total. The molecule has 0 bridgehead atoms. The lowest BCUT2D eigenvalue weighted by Gasteiger charge is -2.46. The summed E-state index contributed by atoms with van der Waals surface area (Å²) in [5, 5.41) is 11.8. The monoisotopic (exact) mass is 1600 g/mol. The number of anilines is 6. The van der Waals surface area contributed by atoms with Crippen molar-refractivity contribution in [2.24, 2.45) is 0 Å². The first-order chi connectivity index (χ1) is 59.8. The van der Waals surface area contributed by atoms with Crippen molar-refractivity contribution in [1.82, 2.24) is 4.57 Å². The minimum atomic E-state index is -3.37. The first kappa shape index (κ1) is 75.6. The van der Waals surface area contributed by atoms with E-state index in [9.17, 15) is 0 Å². The first-order valence-corrected chi connectivity index (χ1v) is 47.2. The molecule has 2 aliphatic heterocycles. The molecule has 6 heteroatoms. The van der Waals surface area contributed by atoms with Gasteiger partial charge < -0.3 is 14.4 Å². The van der Waals surface area contributed by atoms with E-state index < -0.39 is 16.1 Å². The van der Waals surface area contributed by atoms with Gasteiger partial charge in [-0.25, -0.2) is 0 Å². The van der Waals surface area contributed by atoms with E-state index in [2.05, 4.69) is 493 Å². The minimum absolute atomic E-state index is 0.149. The van der Waals surface area contributed by atoms with E-state index in [4.69, 9.17) is 0 Å². The molecule has 0 saturated heterocycles. The molecule has 0 saturated carbocycles. The highest BCUT2D eigenvalue weighted by molar-refractivity contribution is 7.20. The second-order valence-electron chi connectivity index (χ2n) is 35.3. The molecule has 0 fully saturated rings. The molecule has 21 rings (SSSR count). The van der Waals surface area contributed by atoms with Crippen molar-refractivity contribution in [1.29, 1.82) is 0 Å². The molecule has 0 atom stereocenters. The summed E-state index contributed by atoms with van der Waals surface area (Å²) in [5.41, 5.74) is 29.5. The van der Waals surface area contributed by atoms with Gasteiger partial charge >= 0.3 is 0 Å². The van der Waals surface area contributed by atoms with Crippen LogP contribution >= 0.6 is 0 Å². The van der Waals surface area contributed by atoms with Gasteiger partial charge in [0.1, 0.15) is 0 Å². The summed E-state index contributed by atoms with van der Waals surface area (Å²) in [6, 6.07) is 163. The van der Waals surface area contributed by atoms with Gasteiger partial charge in [-0.2, -0.15) is 0 Å². The molecule has 17 aromatic carbocycles. The Morgan fingerprint density at radius 1 is 0.270 bits per heavy atom. The third kappa shape index (κ3) is 12.8. The van der Waals surface area contributed by atoms with Gasteiger partial charge in [-0.3, -0.25) is 0 Å². The standard InChI is InChI=1S/C116H94BN3Si2/c1-115(2,3)89-64-71-108(102(76-89)84-41-19-9-20-42-84)119-110-70-63-88(83-61-66-96(67-62-83)121(92-47-23-11-24-48-92,93-49-25-12-26-50-93)97-55-35-45-86(73-97)81-37-15-7-16-38-81)75-105(110)117-104-69-68-99(122(94-51-27-13-28-52-94,95-53-29-14-30-54-95)98-56-36-46-87(74-98)82-39-17-8-18-40-82)80-111(104)120(109-72-65-90(116(4,5)6)77-103(109)85-43-21-10-22-44-85)113-79-91(78-112(119)114(113)117)118-106-59-33-31-57-100(106)101-58-32-34-60-107(101)118/h7-33,35-59,61-80H,34,60H2,1-6H3. The van der Waals surface area contributed by atoms with Gasteiger partial charge in [-0.1, -0.05) is 424 Å². The zero-order valence-corrected chi connectivity index (χ0v) is 71.9. The summed E-state index contributed by atoms with van der Waals surface area (Å²) in [7, 11) is -6.41. The van der Waals surface area contributed by atoms with Crippen LogP contribution in [0.2, 0.25) is 0 Å². The number of benzene rings is 17. The molecule has 0 radical (unpaired) electrons. The Bertz CT molecular complexity index is 6920. The maximum Gasteiger partial charge on any atom is 0.252 e. The van der Waals surface area contributed by atoms with Gasteiger partial charge in [0.25, 0.3) is 6.71 Å². The Morgan fingerprint density at radius 3 is 1.12 bits per heavy atom. The zero-order valence-electron chi connectivity index (χ0n) is 69.9. The SMILES string of the molecule is CC(C)(C)c1ccc(N2c3ccc(-c4ccc([Si](c5ccccc5)(c5ccccc5)c5cccc(-c6ccccc6)c5)cc4)cc3B3c4ccc([Si](c5ccccc5)(c5ccccc5)c5cccc(-c6ccccc6)c5)cc4N(c4ccc(C(C)(C)C)cc4-c4ccccc4)c4cc(-n5c6c(c7ccccc75)C=CCC6)cc2c43)c(-c2ccccc2)c1. The molecular formula is C116H94BN3Si2. The summed E-state index contributed by atoms with van der Waals surface area (Å²) in [6.45, 7) is 13.8. The molecule has 122 heavy (non-hydrogen) atoms. The molecule has 3 aliphatic rings. The van der Waals surface area contributed by atoms with E-state index in [0.717, 1.165) is 69.3 Å². The normalized spacial score (nSPS) is 13.0. The van der Waals surface area contributed by atoms with Crippen molar-refractivity contribution in [3.63, 3.8) is 0 Å². The van der Waals surface area contributed by atoms with Gasteiger partial charge in [0, 0.05) is 56.2 Å². The third-order valence-electron chi connectivity index (χ3n) is 26.3. The smallest absolute Gasteiger partial charge is 0.252 e. The van der Waals surface area contributed by atoms with Gasteiger partial charge in [0.15, 0.2) is 16.1 Å². The maximum absolute atomic E-state index is 3.37. The maximum atomic E-state index is 2.75. The third-order valence-corrected chi connectivity index (χ3v) is 35.8. The van der Waals surface area contributed by atoms with Crippen LogP contribution in [0.25, 0.3) is 78.3 Å². The molecule has 18 aromatic rings. The molecule has 1 aromatic heterocycles. The van der Waals surface area contributed by atoms with Gasteiger partial charge in [-0.15, -0.1) is 0 Å². The number of hydrogen-bond donors (Lipinski definition) is 0. The fourth-order valence-electron chi connectivity index (χ4n) is 20.4. The zero-order chi connectivity index (χ0) is 82.3. The second-order valence-corrected chi connectivity index (χ2v) is 43.0. The van der Waals surface area contributed by atoms with Gasteiger partial charge in [-0.05, 0) is 192 Å². The summed E-state index contributed by atoms with van der Waals surface area (Å²) in [5.74, 6) is 0. The van der Waals surface area contributed by atoms with Crippen molar-refractivity contribution >= 4 is 132 Å². The lowest BCUT2D eigenvalue weighted by Crippen LogP contribution is -2.75. The fraction of sp³-hybridized carbons (Fsp3) is 0.0862. The number of aromatic nitrogens is 1. The van der Waals surface area contributed by atoms with Crippen molar-refractivity contribution in [2.75, 3.05) is 9.80 Å². The van der Waals surface area contributed by atoms with Crippen molar-refractivity contribution in [3.8, 4) is 61.3 Å². The summed E-state index contributed by atoms with van der Waals surface area (Å²) in [6.07, 6.45) is 6.62. The quantitative estimate of drug-likeness (QED) is 0.0706. The van der Waals surface area contributed by atoms with E-state index >= 15 is 0 Å². The molecule has 0 amide bonds. The van der Waals surface area contributed by atoms with E-state index in [-0.39, 0.29) is 17.5 Å². The Kier molecular flexibility index (Phi) is 19.0. The van der Waals surface area contributed by atoms with Crippen LogP contribution in [0.15, 0.2) is 431 Å². The van der Waals surface area contributed by atoms with E-state index in [1.807, 2.05) is 0 Å². The molecule has 3 heterocycles. The number of allylic oxidation sites excluding steroid dienone is 1. The van der Waals surface area contributed by atoms with E-state index in [0.29, 0.717) is 0 Å². The number of nitrogens with zero attached hydrogens (tertiary/aromatic N) is 3. The van der Waals surface area contributed by atoms with Crippen molar-refractivity contribution in [2.45, 2.75) is 65.2 Å². The summed E-state index contributed by atoms with van der Waals surface area (Å²) < 4.78 is 2.64. The molecular weight excluding hydrogens is 1500 g/mol. The van der Waals surface area contributed by atoms with Gasteiger partial charge in [0.05, 0.1) is 16.9 Å². The largest absolute Gasteiger partial charge is 0.313 e. The number of fused-ring (bicyclic) bond motifs is 7. The predicted molar refractivity (Wildman–Crippen MR) is 526 cm³/mol. The molecule has 584 valence electrons. The van der Waals surface area contributed by atoms with Crippen LogP contribution in [0.5, 0.6) is 0 Å². The minimum Gasteiger partial charge on any atom is -0.313 e. The highest BCUT2D eigenvalue weighted by Gasteiger charge is 2.49. The Morgan fingerprint density at radius 2 is 0.639 bits per heavy atom. The highest BCUT2D eigenvalue weighted by Crippen LogP contribution is 2.52. The Balaban J connectivity index is 0.887. The second kappa shape index (κ2) is 30.7.